The number of fused-ring (bicyclic) bond motifs is 1. The molecule has 0 aliphatic carbocycles. The SMILES string of the molecule is Cc1ccc(-c2ccc(C(=O)NC(=S)Nc3cc(-c4nc5ccccc5o4)ccc3C)o2)cc1C. The summed E-state index contributed by atoms with van der Waals surface area (Å²) in [4.78, 5) is 17.3. The molecule has 0 unspecified atom stereocenters. The Labute approximate surface area is 208 Å². The highest BCUT2D eigenvalue weighted by Crippen LogP contribution is 2.28. The average Bonchev–Trinajstić information content (AvgIpc) is 3.50. The fourth-order valence-electron chi connectivity index (χ4n) is 3.71. The summed E-state index contributed by atoms with van der Waals surface area (Å²) in [5, 5.41) is 5.95. The minimum absolute atomic E-state index is 0.164. The van der Waals surface area contributed by atoms with Gasteiger partial charge in [0.15, 0.2) is 16.5 Å². The molecule has 0 aliphatic heterocycles. The highest BCUT2D eigenvalue weighted by atomic mass is 32.1. The number of amides is 1. The van der Waals surface area contributed by atoms with Crippen molar-refractivity contribution in [2.24, 2.45) is 0 Å². The Morgan fingerprint density at radius 3 is 2.40 bits per heavy atom. The fraction of sp³-hybridized carbons (Fsp3) is 0.107. The van der Waals surface area contributed by atoms with Gasteiger partial charge in [-0.2, -0.15) is 0 Å². The number of nitrogens with one attached hydrogen (secondary N) is 2. The predicted molar refractivity (Wildman–Crippen MR) is 141 cm³/mol. The summed E-state index contributed by atoms with van der Waals surface area (Å²) in [5.74, 6) is 0.891. The van der Waals surface area contributed by atoms with Gasteiger partial charge in [-0.05, 0) is 92.1 Å². The minimum atomic E-state index is -0.426. The number of hydrogen-bond acceptors (Lipinski definition) is 5. The van der Waals surface area contributed by atoms with Gasteiger partial charge in [0.1, 0.15) is 11.3 Å². The number of aryl methyl sites for hydroxylation is 3. The second-order valence-electron chi connectivity index (χ2n) is 8.39. The van der Waals surface area contributed by atoms with Crippen LogP contribution in [0.15, 0.2) is 81.6 Å². The number of carbonyl (C=O) groups is 1. The topological polar surface area (TPSA) is 80.3 Å². The summed E-state index contributed by atoms with van der Waals surface area (Å²) in [6.45, 7) is 6.05. The number of furan rings is 1. The molecule has 35 heavy (non-hydrogen) atoms. The number of oxazole rings is 1. The number of nitrogens with zero attached hydrogens (tertiary/aromatic N) is 1. The van der Waals surface area contributed by atoms with Crippen LogP contribution in [0.4, 0.5) is 5.69 Å². The lowest BCUT2D eigenvalue weighted by atomic mass is 10.1. The van der Waals surface area contributed by atoms with Crippen molar-refractivity contribution in [2.45, 2.75) is 20.8 Å². The van der Waals surface area contributed by atoms with Gasteiger partial charge in [0.05, 0.1) is 0 Å². The van der Waals surface area contributed by atoms with E-state index in [1.165, 1.54) is 5.56 Å². The Kier molecular flexibility index (Phi) is 5.93. The molecular formula is C28H23N3O3S. The molecular weight excluding hydrogens is 458 g/mol. The van der Waals surface area contributed by atoms with Gasteiger partial charge in [-0.25, -0.2) is 4.98 Å². The van der Waals surface area contributed by atoms with E-state index in [1.54, 1.807) is 12.1 Å². The van der Waals surface area contributed by atoms with Crippen LogP contribution in [0, 0.1) is 20.8 Å². The molecule has 3 aromatic carbocycles. The third kappa shape index (κ3) is 4.72. The van der Waals surface area contributed by atoms with Crippen LogP contribution in [-0.4, -0.2) is 16.0 Å². The second kappa shape index (κ2) is 9.19. The Bertz CT molecular complexity index is 1550. The number of benzene rings is 3. The van der Waals surface area contributed by atoms with Gasteiger partial charge in [0.25, 0.3) is 5.91 Å². The molecule has 2 heterocycles. The molecule has 6 nitrogen and oxygen atoms in total. The van der Waals surface area contributed by atoms with Crippen LogP contribution in [-0.2, 0) is 0 Å². The van der Waals surface area contributed by atoms with Crippen molar-refractivity contribution in [3.05, 3.63) is 95.2 Å². The van der Waals surface area contributed by atoms with Crippen molar-refractivity contribution in [1.82, 2.24) is 10.3 Å². The van der Waals surface area contributed by atoms with Crippen LogP contribution in [0.5, 0.6) is 0 Å². The highest BCUT2D eigenvalue weighted by Gasteiger charge is 2.15. The van der Waals surface area contributed by atoms with Crippen LogP contribution >= 0.6 is 12.2 Å². The summed E-state index contributed by atoms with van der Waals surface area (Å²) in [5.41, 5.74) is 7.28. The molecule has 0 saturated carbocycles. The van der Waals surface area contributed by atoms with Gasteiger partial charge >= 0.3 is 0 Å². The first kappa shape index (κ1) is 22.6. The van der Waals surface area contributed by atoms with E-state index in [0.717, 1.165) is 39.0 Å². The Hall–Kier alpha value is -4.23. The van der Waals surface area contributed by atoms with E-state index in [9.17, 15) is 4.79 Å². The zero-order valence-corrected chi connectivity index (χ0v) is 20.3. The molecule has 0 radical (unpaired) electrons. The fourth-order valence-corrected chi connectivity index (χ4v) is 3.92. The molecule has 0 bridgehead atoms. The van der Waals surface area contributed by atoms with Gasteiger partial charge in [0, 0.05) is 16.8 Å². The summed E-state index contributed by atoms with van der Waals surface area (Å²) >= 11 is 5.39. The van der Waals surface area contributed by atoms with Gasteiger partial charge < -0.3 is 14.2 Å². The lowest BCUT2D eigenvalue weighted by Gasteiger charge is -2.12. The Morgan fingerprint density at radius 1 is 0.829 bits per heavy atom. The standard InChI is InChI=1S/C28H23N3O3S/c1-16-8-10-19(14-18(16)3)23-12-13-25(33-23)26(32)31-28(35)30-22-15-20(11-9-17(22)2)27-29-21-6-4-5-7-24(21)34-27/h4-15H,1-3H3,(H2,30,31,32,35). The van der Waals surface area contributed by atoms with Gasteiger partial charge in [0.2, 0.25) is 5.89 Å². The predicted octanol–water partition coefficient (Wildman–Crippen LogP) is 6.81. The molecule has 2 aromatic heterocycles. The minimum Gasteiger partial charge on any atom is -0.451 e. The highest BCUT2D eigenvalue weighted by molar-refractivity contribution is 7.80. The van der Waals surface area contributed by atoms with Crippen molar-refractivity contribution in [1.29, 1.82) is 0 Å². The first-order valence-corrected chi connectivity index (χ1v) is 11.5. The number of anilines is 1. The maximum atomic E-state index is 12.7. The average molecular weight is 482 g/mol. The van der Waals surface area contributed by atoms with E-state index in [1.807, 2.05) is 74.5 Å². The molecule has 0 atom stereocenters. The van der Waals surface area contributed by atoms with E-state index >= 15 is 0 Å². The number of rotatable bonds is 4. The van der Waals surface area contributed by atoms with Crippen molar-refractivity contribution in [3.63, 3.8) is 0 Å². The molecule has 7 heteroatoms. The third-order valence-electron chi connectivity index (χ3n) is 5.87. The van der Waals surface area contributed by atoms with Crippen LogP contribution < -0.4 is 10.6 Å². The van der Waals surface area contributed by atoms with Gasteiger partial charge in [-0.1, -0.05) is 30.3 Å². The van der Waals surface area contributed by atoms with E-state index in [-0.39, 0.29) is 10.9 Å². The van der Waals surface area contributed by atoms with Crippen LogP contribution in [0.3, 0.4) is 0 Å². The largest absolute Gasteiger partial charge is 0.451 e. The summed E-state index contributed by atoms with van der Waals surface area (Å²) in [7, 11) is 0. The summed E-state index contributed by atoms with van der Waals surface area (Å²) < 4.78 is 11.7. The molecule has 2 N–H and O–H groups in total. The second-order valence-corrected chi connectivity index (χ2v) is 8.80. The third-order valence-corrected chi connectivity index (χ3v) is 6.08. The van der Waals surface area contributed by atoms with Crippen molar-refractivity contribution >= 4 is 40.0 Å². The van der Waals surface area contributed by atoms with Gasteiger partial charge in [-0.3, -0.25) is 10.1 Å². The van der Waals surface area contributed by atoms with E-state index in [0.29, 0.717) is 11.7 Å². The Morgan fingerprint density at radius 2 is 1.60 bits per heavy atom. The van der Waals surface area contributed by atoms with Crippen molar-refractivity contribution in [2.75, 3.05) is 5.32 Å². The number of carbonyl (C=O) groups excluding carboxylic acids is 1. The number of thiocarbonyl (C=S) groups is 1. The van der Waals surface area contributed by atoms with E-state index in [2.05, 4.69) is 22.5 Å². The van der Waals surface area contributed by atoms with Crippen molar-refractivity contribution < 1.29 is 13.6 Å². The van der Waals surface area contributed by atoms with E-state index < -0.39 is 5.91 Å². The smallest absolute Gasteiger partial charge is 0.293 e. The molecule has 0 spiro atoms. The van der Waals surface area contributed by atoms with Crippen LogP contribution in [0.25, 0.3) is 33.9 Å². The van der Waals surface area contributed by atoms with Crippen molar-refractivity contribution in [3.8, 4) is 22.8 Å². The number of aromatic nitrogens is 1. The molecule has 5 rings (SSSR count). The molecule has 1 amide bonds. The monoisotopic (exact) mass is 481 g/mol. The summed E-state index contributed by atoms with van der Waals surface area (Å²) in [6, 6.07) is 22.8. The quantitative estimate of drug-likeness (QED) is 0.275. The zero-order chi connectivity index (χ0) is 24.5. The summed E-state index contributed by atoms with van der Waals surface area (Å²) in [6.07, 6.45) is 0. The zero-order valence-electron chi connectivity index (χ0n) is 19.5. The maximum Gasteiger partial charge on any atom is 0.293 e. The first-order chi connectivity index (χ1) is 16.9. The molecule has 5 aromatic rings. The van der Waals surface area contributed by atoms with Gasteiger partial charge in [-0.15, -0.1) is 0 Å². The maximum absolute atomic E-state index is 12.7. The number of hydrogen-bond donors (Lipinski definition) is 2. The molecule has 0 saturated heterocycles. The number of para-hydroxylation sites is 2. The molecule has 0 fully saturated rings. The van der Waals surface area contributed by atoms with E-state index in [4.69, 9.17) is 21.1 Å². The molecule has 174 valence electrons. The lowest BCUT2D eigenvalue weighted by Crippen LogP contribution is -2.34. The van der Waals surface area contributed by atoms with Crippen LogP contribution in [0.2, 0.25) is 0 Å². The molecule has 0 aliphatic rings. The first-order valence-electron chi connectivity index (χ1n) is 11.1. The van der Waals surface area contributed by atoms with Crippen LogP contribution in [0.1, 0.15) is 27.2 Å². The normalized spacial score (nSPS) is 10.9. The lowest BCUT2D eigenvalue weighted by molar-refractivity contribution is 0.0951. The Balaban J connectivity index is 1.29.